The average Bonchev–Trinajstić information content (AvgIpc) is 3.93. The highest BCUT2D eigenvalue weighted by molar-refractivity contribution is 6.07. The van der Waals surface area contributed by atoms with Gasteiger partial charge in [-0.3, -0.25) is 9.59 Å². The smallest absolute Gasteiger partial charge is 0.249 e. The van der Waals surface area contributed by atoms with Crippen LogP contribution in [-0.4, -0.2) is 51.0 Å². The molecule has 10 bridgehead atoms. The van der Waals surface area contributed by atoms with Gasteiger partial charge in [0.2, 0.25) is 23.6 Å². The topological polar surface area (TPSA) is 139 Å². The van der Waals surface area contributed by atoms with Crippen LogP contribution in [0.5, 0.6) is 5.75 Å². The van der Waals surface area contributed by atoms with Gasteiger partial charge in [-0.05, 0) is 35.1 Å². The first-order chi connectivity index (χ1) is 25.1. The maximum atomic E-state index is 14.5. The third-order valence-corrected chi connectivity index (χ3v) is 11.2. The van der Waals surface area contributed by atoms with E-state index in [4.69, 9.17) is 23.5 Å². The number of likely N-dealkylation sites (N-methyl/N-ethyl adjacent to an activating group) is 1. The lowest BCUT2D eigenvalue weighted by atomic mass is 9.72. The summed E-state index contributed by atoms with van der Waals surface area (Å²) in [6.07, 6.45) is 3.70. The van der Waals surface area contributed by atoms with Gasteiger partial charge >= 0.3 is 0 Å². The minimum Gasteiger partial charge on any atom is -0.469 e. The van der Waals surface area contributed by atoms with E-state index in [0.29, 0.717) is 47.6 Å². The molecule has 11 heteroatoms. The Morgan fingerprint density at radius 2 is 1.87 bits per heavy atom. The van der Waals surface area contributed by atoms with Crippen LogP contribution in [-0.2, 0) is 21.4 Å². The first-order valence-corrected chi connectivity index (χ1v) is 18.0. The Hall–Kier alpha value is -5.84. The molecule has 6 aromatic rings. The number of para-hydroxylation sites is 1. The summed E-state index contributed by atoms with van der Waals surface area (Å²) in [7, 11) is 1.76. The van der Waals surface area contributed by atoms with Crippen LogP contribution in [0.1, 0.15) is 68.5 Å². The van der Waals surface area contributed by atoms with Gasteiger partial charge in [-0.15, -0.1) is 0 Å². The van der Waals surface area contributed by atoms with Gasteiger partial charge in [0.05, 0.1) is 6.20 Å². The largest absolute Gasteiger partial charge is 0.469 e. The summed E-state index contributed by atoms with van der Waals surface area (Å²) in [5.41, 5.74) is 7.01. The molecule has 52 heavy (non-hydrogen) atoms. The highest BCUT2D eigenvalue weighted by Crippen LogP contribution is 2.61. The number of amides is 2. The Bertz CT molecular complexity index is 2470. The second-order valence-corrected chi connectivity index (χ2v) is 15.3. The van der Waals surface area contributed by atoms with Crippen LogP contribution in [0.25, 0.3) is 44.9 Å². The highest BCUT2D eigenvalue weighted by atomic mass is 16.5. The molecule has 1 spiro atoms. The van der Waals surface area contributed by atoms with Gasteiger partial charge in [-0.25, -0.2) is 9.97 Å². The zero-order valence-corrected chi connectivity index (χ0v) is 29.5. The summed E-state index contributed by atoms with van der Waals surface area (Å²) < 4.78 is 20.6. The fourth-order valence-corrected chi connectivity index (χ4v) is 8.98. The van der Waals surface area contributed by atoms with E-state index in [1.807, 2.05) is 46.0 Å². The third kappa shape index (κ3) is 4.13. The van der Waals surface area contributed by atoms with E-state index in [-0.39, 0.29) is 23.7 Å². The Kier molecular flexibility index (Phi) is 6.45. The van der Waals surface area contributed by atoms with Crippen LogP contribution < -0.4 is 15.4 Å². The van der Waals surface area contributed by atoms with Crippen molar-refractivity contribution in [1.29, 1.82) is 0 Å². The third-order valence-electron chi connectivity index (χ3n) is 11.2. The molecular formula is C41H38N6O5. The van der Waals surface area contributed by atoms with Crippen molar-refractivity contribution in [2.45, 2.75) is 64.3 Å². The molecular weight excluding hydrogens is 656 g/mol. The number of fused-ring (bicyclic) bond motifs is 7. The molecule has 10 rings (SSSR count). The number of benzene rings is 3. The number of ether oxygens (including phenoxy) is 1. The molecule has 3 aromatic heterocycles. The molecule has 3 N–H and O–H groups in total. The molecule has 2 amide bonds. The van der Waals surface area contributed by atoms with Crippen LogP contribution in [0.3, 0.4) is 0 Å². The van der Waals surface area contributed by atoms with Crippen LogP contribution in [0.4, 0.5) is 5.69 Å². The molecule has 4 aliphatic rings. The predicted octanol–water partition coefficient (Wildman–Crippen LogP) is 7.18. The molecule has 0 fully saturated rings. The van der Waals surface area contributed by atoms with Crippen molar-refractivity contribution >= 4 is 28.4 Å². The maximum absolute atomic E-state index is 14.5. The van der Waals surface area contributed by atoms with Gasteiger partial charge < -0.3 is 34.1 Å². The van der Waals surface area contributed by atoms with Crippen molar-refractivity contribution in [3.05, 3.63) is 95.3 Å². The molecule has 0 saturated heterocycles. The van der Waals surface area contributed by atoms with Crippen molar-refractivity contribution in [3.63, 3.8) is 0 Å². The summed E-state index contributed by atoms with van der Waals surface area (Å²) in [5, 5.41) is 7.90. The molecule has 0 aliphatic carbocycles. The fraction of sp³-hybridized carbons (Fsp3) is 0.317. The van der Waals surface area contributed by atoms with Crippen molar-refractivity contribution < 1.29 is 23.2 Å². The van der Waals surface area contributed by atoms with Crippen molar-refractivity contribution in [2.24, 2.45) is 11.8 Å². The number of nitrogens with one attached hydrogen (secondary N) is 3. The lowest BCUT2D eigenvalue weighted by Crippen LogP contribution is -2.50. The molecule has 262 valence electrons. The lowest BCUT2D eigenvalue weighted by Gasteiger charge is -2.33. The Morgan fingerprint density at radius 1 is 1.04 bits per heavy atom. The van der Waals surface area contributed by atoms with Crippen LogP contribution in [0.15, 0.2) is 75.8 Å². The van der Waals surface area contributed by atoms with E-state index >= 15 is 0 Å². The van der Waals surface area contributed by atoms with Crippen molar-refractivity contribution in [3.8, 4) is 39.8 Å². The summed E-state index contributed by atoms with van der Waals surface area (Å²) in [6, 6.07) is 17.2. The van der Waals surface area contributed by atoms with E-state index in [2.05, 4.69) is 58.1 Å². The van der Waals surface area contributed by atoms with E-state index in [1.54, 1.807) is 18.1 Å². The highest BCUT2D eigenvalue weighted by Gasteiger charge is 2.61. The molecule has 3 unspecified atom stereocenters. The molecule has 11 nitrogen and oxygen atoms in total. The van der Waals surface area contributed by atoms with E-state index in [0.717, 1.165) is 50.0 Å². The van der Waals surface area contributed by atoms with E-state index in [9.17, 15) is 9.59 Å². The summed E-state index contributed by atoms with van der Waals surface area (Å²) in [5.74, 6) is 2.13. The second-order valence-electron chi connectivity index (χ2n) is 15.3. The second kappa shape index (κ2) is 10.8. The van der Waals surface area contributed by atoms with Crippen molar-refractivity contribution in [2.75, 3.05) is 12.4 Å². The summed E-state index contributed by atoms with van der Waals surface area (Å²) in [4.78, 5) is 42.9. The normalized spacial score (nSPS) is 22.2. The van der Waals surface area contributed by atoms with Crippen LogP contribution >= 0.6 is 0 Å². The number of rotatable bonds is 4. The number of aromatic nitrogens is 3. The number of hydrogen-bond acceptors (Lipinski definition) is 8. The number of H-pyrrole nitrogens is 1. The van der Waals surface area contributed by atoms with Gasteiger partial charge in [-0.2, -0.15) is 0 Å². The summed E-state index contributed by atoms with van der Waals surface area (Å²) in [6.45, 7) is 8.06. The van der Waals surface area contributed by atoms with E-state index in [1.165, 1.54) is 0 Å². The van der Waals surface area contributed by atoms with Crippen LogP contribution in [0.2, 0.25) is 0 Å². The number of anilines is 1. The maximum Gasteiger partial charge on any atom is 0.249 e. The zero-order chi connectivity index (χ0) is 35.6. The molecule has 0 radical (unpaired) electrons. The van der Waals surface area contributed by atoms with Gasteiger partial charge in [0.15, 0.2) is 23.4 Å². The van der Waals surface area contributed by atoms with Gasteiger partial charge in [0, 0.05) is 64.9 Å². The minimum absolute atomic E-state index is 0.102. The first kappa shape index (κ1) is 30.9. The summed E-state index contributed by atoms with van der Waals surface area (Å²) >= 11 is 0. The quantitative estimate of drug-likeness (QED) is 0.177. The van der Waals surface area contributed by atoms with Crippen molar-refractivity contribution in [1.82, 2.24) is 25.2 Å². The van der Waals surface area contributed by atoms with Gasteiger partial charge in [0.1, 0.15) is 23.2 Å². The standard InChI is InChI=1S/C41H38N6O5/c1-19(2)14-31(48)44-28-16-21-12-13-29-26(15-21)41-25-10-6-9-23(33(25)46-40(41)51-29)22-8-7-11-27-32(22)24(17-42-27)30-18-43-37(50-30)34-36(41)52-38(45-34)35(20(3)4)47(5)39(28)49/h6-13,15,17-20,28,35,40,42,46H,14,16H2,1-5H3,(H,44,48)/t28-,35?,40?,41?/m0/s1. The molecule has 0 saturated carbocycles. The van der Waals surface area contributed by atoms with Gasteiger partial charge in [0.25, 0.3) is 0 Å². The SMILES string of the molecule is CC(C)CC(=O)N[C@H]1Cc2ccc3c(c2)C24c5cccc(c5NC2O3)-c2cccc3[nH]cc(c23)-c2cnc(o2)-c2nc(oc24)C(C(C)C)N(C)C1=O. The minimum atomic E-state index is -1.01. The first-order valence-electron chi connectivity index (χ1n) is 18.0. The Labute approximate surface area is 299 Å². The number of hydrogen-bond donors (Lipinski definition) is 3. The molecule has 7 heterocycles. The van der Waals surface area contributed by atoms with Crippen LogP contribution in [0, 0.1) is 11.8 Å². The number of oxazole rings is 2. The van der Waals surface area contributed by atoms with E-state index < -0.39 is 23.7 Å². The molecule has 3 aromatic carbocycles. The average molecular weight is 695 g/mol. The Morgan fingerprint density at radius 3 is 2.69 bits per heavy atom. The monoisotopic (exact) mass is 694 g/mol. The number of carbonyl (C=O) groups is 2. The predicted molar refractivity (Wildman–Crippen MR) is 195 cm³/mol. The zero-order valence-electron chi connectivity index (χ0n) is 29.5. The number of carbonyl (C=O) groups excluding carboxylic acids is 2. The molecule has 4 atom stereocenters. The van der Waals surface area contributed by atoms with Gasteiger partial charge in [-0.1, -0.05) is 70.2 Å². The molecule has 4 aliphatic heterocycles. The lowest BCUT2D eigenvalue weighted by molar-refractivity contribution is -0.138. The fourth-order valence-electron chi connectivity index (χ4n) is 8.98. The Balaban J connectivity index is 1.30. The number of nitrogens with zero attached hydrogens (tertiary/aromatic N) is 3. The number of aromatic amines is 1.